The number of rotatable bonds is 6. The third-order valence-corrected chi connectivity index (χ3v) is 4.31. The second-order valence-corrected chi connectivity index (χ2v) is 6.11. The molecule has 20 heavy (non-hydrogen) atoms. The molecular formula is C17H27NO2. The van der Waals surface area contributed by atoms with Crippen LogP contribution in [0.1, 0.15) is 56.3 Å². The summed E-state index contributed by atoms with van der Waals surface area (Å²) < 4.78 is 5.37. The molecule has 0 bridgehead atoms. The van der Waals surface area contributed by atoms with Crippen LogP contribution in [0.25, 0.3) is 0 Å². The Bertz CT molecular complexity index is 402. The highest BCUT2D eigenvalue weighted by atomic mass is 16.5. The van der Waals surface area contributed by atoms with Gasteiger partial charge in [0.1, 0.15) is 0 Å². The smallest absolute Gasteiger partial charge is 0.0914 e. The van der Waals surface area contributed by atoms with Crippen molar-refractivity contribution < 1.29 is 9.84 Å². The predicted molar refractivity (Wildman–Crippen MR) is 81.9 cm³/mol. The summed E-state index contributed by atoms with van der Waals surface area (Å²) in [6, 6.07) is 8.77. The van der Waals surface area contributed by atoms with Crippen molar-refractivity contribution in [2.75, 3.05) is 13.7 Å². The standard InChI is InChI=1S/C17H27NO2/c1-12(2)13-4-6-14(7-5-13)17(19)11-18-15-8-9-16(10-15)20-3/h4-7,12,15-19H,8-11H2,1-3H3. The summed E-state index contributed by atoms with van der Waals surface area (Å²) in [7, 11) is 1.78. The van der Waals surface area contributed by atoms with Crippen LogP contribution < -0.4 is 5.32 Å². The average Bonchev–Trinajstić information content (AvgIpc) is 2.93. The van der Waals surface area contributed by atoms with Crippen molar-refractivity contribution in [1.29, 1.82) is 0 Å². The van der Waals surface area contributed by atoms with Crippen LogP contribution >= 0.6 is 0 Å². The number of nitrogens with one attached hydrogen (secondary N) is 1. The number of ether oxygens (including phenoxy) is 1. The van der Waals surface area contributed by atoms with Crippen LogP contribution in [0.5, 0.6) is 0 Å². The van der Waals surface area contributed by atoms with Crippen molar-refractivity contribution in [2.45, 2.75) is 57.3 Å². The summed E-state index contributed by atoms with van der Waals surface area (Å²) in [6.45, 7) is 4.97. The third kappa shape index (κ3) is 4.05. The number of methoxy groups -OCH3 is 1. The van der Waals surface area contributed by atoms with Crippen molar-refractivity contribution >= 4 is 0 Å². The summed E-state index contributed by atoms with van der Waals surface area (Å²) >= 11 is 0. The van der Waals surface area contributed by atoms with E-state index < -0.39 is 6.10 Å². The molecule has 0 heterocycles. The highest BCUT2D eigenvalue weighted by Gasteiger charge is 2.24. The Morgan fingerprint density at radius 2 is 1.85 bits per heavy atom. The lowest BCUT2D eigenvalue weighted by Gasteiger charge is -2.17. The summed E-state index contributed by atoms with van der Waals surface area (Å²) in [5.41, 5.74) is 2.30. The van der Waals surface area contributed by atoms with Crippen LogP contribution in [-0.4, -0.2) is 30.9 Å². The molecule has 1 aromatic rings. The molecule has 112 valence electrons. The van der Waals surface area contributed by atoms with E-state index in [1.54, 1.807) is 7.11 Å². The maximum atomic E-state index is 10.2. The number of aliphatic hydroxyl groups is 1. The van der Waals surface area contributed by atoms with Gasteiger partial charge in [0.25, 0.3) is 0 Å². The van der Waals surface area contributed by atoms with Crippen molar-refractivity contribution in [2.24, 2.45) is 0 Å². The minimum absolute atomic E-state index is 0.384. The van der Waals surface area contributed by atoms with E-state index >= 15 is 0 Å². The Kier molecular flexibility index (Phi) is 5.58. The van der Waals surface area contributed by atoms with Crippen molar-refractivity contribution in [3.05, 3.63) is 35.4 Å². The monoisotopic (exact) mass is 277 g/mol. The zero-order valence-electron chi connectivity index (χ0n) is 12.8. The van der Waals surface area contributed by atoms with Crippen LogP contribution in [0.3, 0.4) is 0 Å². The largest absolute Gasteiger partial charge is 0.387 e. The quantitative estimate of drug-likeness (QED) is 0.840. The van der Waals surface area contributed by atoms with Gasteiger partial charge in [-0.2, -0.15) is 0 Å². The van der Waals surface area contributed by atoms with Gasteiger partial charge in [-0.25, -0.2) is 0 Å². The second kappa shape index (κ2) is 7.21. The molecule has 1 aliphatic carbocycles. The van der Waals surface area contributed by atoms with E-state index in [2.05, 4.69) is 31.3 Å². The summed E-state index contributed by atoms with van der Waals surface area (Å²) in [6.07, 6.45) is 3.26. The Morgan fingerprint density at radius 3 is 2.40 bits per heavy atom. The lowest BCUT2D eigenvalue weighted by Crippen LogP contribution is -2.31. The molecule has 1 saturated carbocycles. The minimum atomic E-state index is -0.433. The minimum Gasteiger partial charge on any atom is -0.387 e. The molecule has 0 amide bonds. The van der Waals surface area contributed by atoms with Gasteiger partial charge < -0.3 is 15.2 Å². The lowest BCUT2D eigenvalue weighted by atomic mass is 10.00. The number of benzene rings is 1. The van der Waals surface area contributed by atoms with Gasteiger partial charge in [-0.05, 0) is 36.3 Å². The van der Waals surface area contributed by atoms with E-state index in [1.165, 1.54) is 5.56 Å². The van der Waals surface area contributed by atoms with Gasteiger partial charge in [-0.1, -0.05) is 38.1 Å². The number of hydrogen-bond acceptors (Lipinski definition) is 3. The second-order valence-electron chi connectivity index (χ2n) is 6.11. The van der Waals surface area contributed by atoms with E-state index in [4.69, 9.17) is 4.74 Å². The van der Waals surface area contributed by atoms with E-state index in [9.17, 15) is 5.11 Å². The van der Waals surface area contributed by atoms with Crippen LogP contribution in [0.15, 0.2) is 24.3 Å². The maximum Gasteiger partial charge on any atom is 0.0914 e. The highest BCUT2D eigenvalue weighted by Crippen LogP contribution is 2.23. The maximum absolute atomic E-state index is 10.2. The summed E-state index contributed by atoms with van der Waals surface area (Å²) in [4.78, 5) is 0. The van der Waals surface area contributed by atoms with E-state index in [-0.39, 0.29) is 0 Å². The molecule has 3 nitrogen and oxygen atoms in total. The number of aliphatic hydroxyl groups excluding tert-OH is 1. The van der Waals surface area contributed by atoms with Gasteiger partial charge in [-0.3, -0.25) is 0 Å². The molecule has 3 atom stereocenters. The normalized spacial score (nSPS) is 24.2. The molecule has 0 radical (unpaired) electrons. The first kappa shape index (κ1) is 15.5. The molecule has 2 N–H and O–H groups in total. The zero-order chi connectivity index (χ0) is 14.5. The Labute approximate surface area is 122 Å². The van der Waals surface area contributed by atoms with Crippen molar-refractivity contribution in [3.8, 4) is 0 Å². The van der Waals surface area contributed by atoms with E-state index in [1.807, 2.05) is 12.1 Å². The molecule has 2 rings (SSSR count). The fourth-order valence-electron chi connectivity index (χ4n) is 2.84. The SMILES string of the molecule is COC1CCC(NCC(O)c2ccc(C(C)C)cc2)C1. The summed E-state index contributed by atoms with van der Waals surface area (Å²) in [5.74, 6) is 0.531. The molecule has 1 fully saturated rings. The van der Waals surface area contributed by atoms with Crippen LogP contribution in [0, 0.1) is 0 Å². The average molecular weight is 277 g/mol. The van der Waals surface area contributed by atoms with Crippen LogP contribution in [0.2, 0.25) is 0 Å². The van der Waals surface area contributed by atoms with Gasteiger partial charge in [-0.15, -0.1) is 0 Å². The molecule has 0 spiro atoms. The topological polar surface area (TPSA) is 41.5 Å². The fourth-order valence-corrected chi connectivity index (χ4v) is 2.84. The molecule has 3 unspecified atom stereocenters. The number of hydrogen-bond donors (Lipinski definition) is 2. The first-order valence-corrected chi connectivity index (χ1v) is 7.64. The van der Waals surface area contributed by atoms with Gasteiger partial charge in [0.05, 0.1) is 12.2 Å². The third-order valence-electron chi connectivity index (χ3n) is 4.31. The molecular weight excluding hydrogens is 250 g/mol. The van der Waals surface area contributed by atoms with Gasteiger partial charge >= 0.3 is 0 Å². The summed E-state index contributed by atoms with van der Waals surface area (Å²) in [5, 5.41) is 13.7. The van der Waals surface area contributed by atoms with E-state index in [0.717, 1.165) is 24.8 Å². The van der Waals surface area contributed by atoms with E-state index in [0.29, 0.717) is 24.6 Å². The van der Waals surface area contributed by atoms with Crippen molar-refractivity contribution in [3.63, 3.8) is 0 Å². The van der Waals surface area contributed by atoms with Crippen molar-refractivity contribution in [1.82, 2.24) is 5.32 Å². The van der Waals surface area contributed by atoms with Gasteiger partial charge in [0.15, 0.2) is 0 Å². The molecule has 1 aromatic carbocycles. The molecule has 1 aliphatic rings. The lowest BCUT2D eigenvalue weighted by molar-refractivity contribution is 0.105. The molecule has 0 saturated heterocycles. The predicted octanol–water partition coefficient (Wildman–Crippen LogP) is 3.00. The zero-order valence-corrected chi connectivity index (χ0v) is 12.8. The Morgan fingerprint density at radius 1 is 1.20 bits per heavy atom. The highest BCUT2D eigenvalue weighted by molar-refractivity contribution is 5.26. The molecule has 3 heteroatoms. The van der Waals surface area contributed by atoms with Gasteiger partial charge in [0.2, 0.25) is 0 Å². The Balaban J connectivity index is 1.81. The first-order chi connectivity index (χ1) is 9.60. The van der Waals surface area contributed by atoms with Crippen LogP contribution in [0.4, 0.5) is 0 Å². The molecule has 0 aliphatic heterocycles. The Hall–Kier alpha value is -0.900. The molecule has 0 aromatic heterocycles. The first-order valence-electron chi connectivity index (χ1n) is 7.64. The van der Waals surface area contributed by atoms with Crippen LogP contribution in [-0.2, 0) is 4.74 Å². The van der Waals surface area contributed by atoms with Gasteiger partial charge in [0, 0.05) is 19.7 Å². The fraction of sp³-hybridized carbons (Fsp3) is 0.647.